The third-order valence-corrected chi connectivity index (χ3v) is 4.58. The van der Waals surface area contributed by atoms with E-state index in [1.807, 2.05) is 29.2 Å². The molecule has 0 unspecified atom stereocenters. The topological polar surface area (TPSA) is 44.8 Å². The molecule has 1 fully saturated rings. The molecule has 5 nitrogen and oxygen atoms in total. The fourth-order valence-corrected chi connectivity index (χ4v) is 3.12. The van der Waals surface area contributed by atoms with E-state index in [4.69, 9.17) is 4.74 Å². The molecule has 0 aliphatic carbocycles. The average molecular weight is 357 g/mol. The molecular weight excluding hydrogens is 333 g/mol. The summed E-state index contributed by atoms with van der Waals surface area (Å²) in [5.74, 6) is 0.692. The fourth-order valence-electron chi connectivity index (χ4n) is 3.12. The van der Waals surface area contributed by atoms with Crippen LogP contribution < -0.4 is 15.0 Å². The first-order valence-corrected chi connectivity index (χ1v) is 8.78. The van der Waals surface area contributed by atoms with Crippen LogP contribution in [0.3, 0.4) is 0 Å². The van der Waals surface area contributed by atoms with Gasteiger partial charge in [-0.1, -0.05) is 24.3 Å². The molecule has 2 aromatic rings. The highest BCUT2D eigenvalue weighted by Crippen LogP contribution is 2.28. The number of halogens is 1. The van der Waals surface area contributed by atoms with Crippen molar-refractivity contribution in [1.82, 2.24) is 10.2 Å². The van der Waals surface area contributed by atoms with Crippen LogP contribution in [0.25, 0.3) is 0 Å². The lowest BCUT2D eigenvalue weighted by atomic mass is 10.2. The molecule has 1 aliphatic rings. The molecule has 6 heteroatoms. The maximum Gasteiger partial charge on any atom is 0.236 e. The molecule has 26 heavy (non-hydrogen) atoms. The van der Waals surface area contributed by atoms with Crippen LogP contribution in [0.1, 0.15) is 5.56 Å². The number of benzene rings is 2. The maximum atomic E-state index is 12.9. The Balaban J connectivity index is 1.45. The number of hydrogen-bond donors (Lipinski definition) is 1. The van der Waals surface area contributed by atoms with Gasteiger partial charge in [-0.2, -0.15) is 0 Å². The van der Waals surface area contributed by atoms with E-state index in [1.165, 1.54) is 12.1 Å². The highest BCUT2D eigenvalue weighted by molar-refractivity contribution is 5.78. The molecule has 2 aromatic carbocycles. The number of carbonyl (C=O) groups excluding carboxylic acids is 1. The minimum absolute atomic E-state index is 0.0896. The van der Waals surface area contributed by atoms with E-state index in [0.29, 0.717) is 19.6 Å². The molecular formula is C20H24FN3O2. The third-order valence-electron chi connectivity index (χ3n) is 4.58. The Hall–Kier alpha value is -2.60. The van der Waals surface area contributed by atoms with Crippen molar-refractivity contribution in [3.05, 3.63) is 59.9 Å². The van der Waals surface area contributed by atoms with Gasteiger partial charge >= 0.3 is 0 Å². The summed E-state index contributed by atoms with van der Waals surface area (Å²) in [5, 5.41) is 3.13. The standard InChI is InChI=1S/C20H24FN3O2/c1-26-19-5-3-2-4-18(19)23-10-12-24(13-11-23)20(25)15-22-14-16-6-8-17(21)9-7-16/h2-9,22H,10-15H2,1H3. The second kappa shape index (κ2) is 8.67. The summed E-state index contributed by atoms with van der Waals surface area (Å²) in [6.45, 7) is 3.78. The van der Waals surface area contributed by atoms with E-state index >= 15 is 0 Å². The Bertz CT molecular complexity index is 728. The molecule has 1 N–H and O–H groups in total. The van der Waals surface area contributed by atoms with Crippen molar-refractivity contribution < 1.29 is 13.9 Å². The first-order valence-electron chi connectivity index (χ1n) is 8.78. The van der Waals surface area contributed by atoms with Crippen molar-refractivity contribution in [2.75, 3.05) is 44.7 Å². The molecule has 0 spiro atoms. The lowest BCUT2D eigenvalue weighted by Gasteiger charge is -2.36. The van der Waals surface area contributed by atoms with Gasteiger partial charge in [0.1, 0.15) is 11.6 Å². The smallest absolute Gasteiger partial charge is 0.236 e. The van der Waals surface area contributed by atoms with Gasteiger partial charge in [0, 0.05) is 32.7 Å². The minimum Gasteiger partial charge on any atom is -0.495 e. The number of rotatable bonds is 6. The Kier molecular flexibility index (Phi) is 6.07. The van der Waals surface area contributed by atoms with Gasteiger partial charge in [-0.15, -0.1) is 0 Å². The molecule has 0 saturated carbocycles. The lowest BCUT2D eigenvalue weighted by molar-refractivity contribution is -0.130. The summed E-state index contributed by atoms with van der Waals surface area (Å²) in [5.41, 5.74) is 2.02. The summed E-state index contributed by atoms with van der Waals surface area (Å²) in [6.07, 6.45) is 0. The van der Waals surface area contributed by atoms with Gasteiger partial charge in [0.2, 0.25) is 5.91 Å². The second-order valence-electron chi connectivity index (χ2n) is 6.27. The van der Waals surface area contributed by atoms with Gasteiger partial charge in [0.05, 0.1) is 19.3 Å². The Morgan fingerprint density at radius 1 is 1.08 bits per heavy atom. The number of ether oxygens (including phenoxy) is 1. The van der Waals surface area contributed by atoms with Crippen molar-refractivity contribution in [3.8, 4) is 5.75 Å². The van der Waals surface area contributed by atoms with Crippen LogP contribution >= 0.6 is 0 Å². The van der Waals surface area contributed by atoms with Gasteiger partial charge in [0.25, 0.3) is 0 Å². The molecule has 1 amide bonds. The van der Waals surface area contributed by atoms with E-state index in [2.05, 4.69) is 10.2 Å². The summed E-state index contributed by atoms with van der Waals surface area (Å²) >= 11 is 0. The van der Waals surface area contributed by atoms with Crippen LogP contribution in [0, 0.1) is 5.82 Å². The van der Waals surface area contributed by atoms with E-state index < -0.39 is 0 Å². The summed E-state index contributed by atoms with van der Waals surface area (Å²) < 4.78 is 18.3. The number of carbonyl (C=O) groups is 1. The zero-order chi connectivity index (χ0) is 18.4. The van der Waals surface area contributed by atoms with Crippen molar-refractivity contribution in [3.63, 3.8) is 0 Å². The summed E-state index contributed by atoms with van der Waals surface area (Å²) in [6, 6.07) is 14.2. The third kappa shape index (κ3) is 4.52. The lowest BCUT2D eigenvalue weighted by Crippen LogP contribution is -2.50. The average Bonchev–Trinajstić information content (AvgIpc) is 2.69. The second-order valence-corrected chi connectivity index (χ2v) is 6.27. The predicted molar refractivity (Wildman–Crippen MR) is 99.9 cm³/mol. The number of methoxy groups -OCH3 is 1. The maximum absolute atomic E-state index is 12.9. The Morgan fingerprint density at radius 3 is 2.46 bits per heavy atom. The number of nitrogens with one attached hydrogen (secondary N) is 1. The van der Waals surface area contributed by atoms with E-state index in [0.717, 1.165) is 30.1 Å². The number of piperazine rings is 1. The molecule has 1 saturated heterocycles. The van der Waals surface area contributed by atoms with Crippen LogP contribution in [0.4, 0.5) is 10.1 Å². The van der Waals surface area contributed by atoms with Crippen molar-refractivity contribution in [1.29, 1.82) is 0 Å². The van der Waals surface area contributed by atoms with E-state index in [-0.39, 0.29) is 18.3 Å². The fraction of sp³-hybridized carbons (Fsp3) is 0.350. The number of hydrogen-bond acceptors (Lipinski definition) is 4. The number of para-hydroxylation sites is 2. The predicted octanol–water partition coefficient (Wildman–Crippen LogP) is 2.27. The molecule has 138 valence electrons. The van der Waals surface area contributed by atoms with Crippen molar-refractivity contribution >= 4 is 11.6 Å². The van der Waals surface area contributed by atoms with Crippen LogP contribution in [0.5, 0.6) is 5.75 Å². The minimum atomic E-state index is -0.252. The van der Waals surface area contributed by atoms with Crippen LogP contribution in [0.2, 0.25) is 0 Å². The van der Waals surface area contributed by atoms with Gasteiger partial charge in [0.15, 0.2) is 0 Å². The summed E-state index contributed by atoms with van der Waals surface area (Å²) in [7, 11) is 1.67. The van der Waals surface area contributed by atoms with Crippen LogP contribution in [-0.4, -0.2) is 50.6 Å². The van der Waals surface area contributed by atoms with Gasteiger partial charge in [-0.3, -0.25) is 4.79 Å². The molecule has 1 heterocycles. The van der Waals surface area contributed by atoms with E-state index in [1.54, 1.807) is 19.2 Å². The Labute approximate surface area is 153 Å². The number of anilines is 1. The highest BCUT2D eigenvalue weighted by Gasteiger charge is 2.22. The van der Waals surface area contributed by atoms with Crippen LogP contribution in [-0.2, 0) is 11.3 Å². The SMILES string of the molecule is COc1ccccc1N1CCN(C(=O)CNCc2ccc(F)cc2)CC1. The molecule has 3 rings (SSSR count). The largest absolute Gasteiger partial charge is 0.495 e. The van der Waals surface area contributed by atoms with Gasteiger partial charge in [-0.25, -0.2) is 4.39 Å². The summed E-state index contributed by atoms with van der Waals surface area (Å²) in [4.78, 5) is 16.5. The Morgan fingerprint density at radius 2 is 1.77 bits per heavy atom. The molecule has 0 bridgehead atoms. The quantitative estimate of drug-likeness (QED) is 0.862. The van der Waals surface area contributed by atoms with Crippen molar-refractivity contribution in [2.45, 2.75) is 6.54 Å². The number of amides is 1. The van der Waals surface area contributed by atoms with Gasteiger partial charge in [-0.05, 0) is 29.8 Å². The normalized spacial score (nSPS) is 14.4. The van der Waals surface area contributed by atoms with Crippen LogP contribution in [0.15, 0.2) is 48.5 Å². The van der Waals surface area contributed by atoms with E-state index in [9.17, 15) is 9.18 Å². The zero-order valence-electron chi connectivity index (χ0n) is 15.0. The molecule has 1 aliphatic heterocycles. The zero-order valence-corrected chi connectivity index (χ0v) is 15.0. The first-order chi connectivity index (χ1) is 12.7. The highest BCUT2D eigenvalue weighted by atomic mass is 19.1. The first kappa shape index (κ1) is 18.2. The molecule has 0 aromatic heterocycles. The molecule has 0 radical (unpaired) electrons. The molecule has 0 atom stereocenters. The number of nitrogens with zero attached hydrogens (tertiary/aromatic N) is 2. The van der Waals surface area contributed by atoms with Gasteiger partial charge < -0.3 is 19.9 Å². The monoisotopic (exact) mass is 357 g/mol. The van der Waals surface area contributed by atoms with Crippen molar-refractivity contribution in [2.24, 2.45) is 0 Å².